The van der Waals surface area contributed by atoms with Crippen LogP contribution in [0, 0.1) is 3.57 Å². The van der Waals surface area contributed by atoms with Crippen molar-refractivity contribution in [3.63, 3.8) is 0 Å². The van der Waals surface area contributed by atoms with Gasteiger partial charge in [0.2, 0.25) is 0 Å². The molecule has 1 aliphatic heterocycles. The number of nitrogens with zero attached hydrogens (tertiary/aromatic N) is 3. The van der Waals surface area contributed by atoms with Crippen LogP contribution in [0.2, 0.25) is 5.02 Å². The van der Waals surface area contributed by atoms with Crippen molar-refractivity contribution in [3.8, 4) is 0 Å². The summed E-state index contributed by atoms with van der Waals surface area (Å²) in [5.41, 5.74) is 3.00. The molecule has 1 amide bonds. The van der Waals surface area contributed by atoms with Gasteiger partial charge in [0.15, 0.2) is 0 Å². The molecule has 1 saturated heterocycles. The monoisotopic (exact) mass is 491 g/mol. The zero-order chi connectivity index (χ0) is 18.8. The second kappa shape index (κ2) is 8.12. The zero-order valence-electron chi connectivity index (χ0n) is 14.7. The molecule has 4 rings (SSSR count). The van der Waals surface area contributed by atoms with E-state index < -0.39 is 0 Å². The van der Waals surface area contributed by atoms with E-state index in [0.717, 1.165) is 41.8 Å². The summed E-state index contributed by atoms with van der Waals surface area (Å²) in [5, 5.41) is 1.85. The Morgan fingerprint density at radius 2 is 1.85 bits per heavy atom. The highest BCUT2D eigenvalue weighted by atomic mass is 127. The van der Waals surface area contributed by atoms with Gasteiger partial charge in [-0.2, -0.15) is 0 Å². The molecule has 1 aromatic heterocycles. The lowest BCUT2D eigenvalue weighted by atomic mass is 10.1. The van der Waals surface area contributed by atoms with Crippen LogP contribution in [0.15, 0.2) is 54.7 Å². The van der Waals surface area contributed by atoms with Crippen LogP contribution in [-0.4, -0.2) is 46.9 Å². The number of carbonyl (C=O) groups is 1. The maximum atomic E-state index is 12.8. The fourth-order valence-corrected chi connectivity index (χ4v) is 4.09. The number of amides is 1. The van der Waals surface area contributed by atoms with Crippen molar-refractivity contribution < 1.29 is 4.79 Å². The van der Waals surface area contributed by atoms with Crippen molar-refractivity contribution in [1.29, 1.82) is 0 Å². The lowest BCUT2D eigenvalue weighted by Gasteiger charge is -2.35. The van der Waals surface area contributed by atoms with Gasteiger partial charge in [-0.1, -0.05) is 35.9 Å². The Hall–Kier alpha value is -1.70. The molecule has 0 atom stereocenters. The molecule has 3 aromatic rings. The van der Waals surface area contributed by atoms with E-state index in [1.165, 1.54) is 10.9 Å². The fraction of sp³-hybridized carbons (Fsp3) is 0.238. The van der Waals surface area contributed by atoms with E-state index >= 15 is 0 Å². The van der Waals surface area contributed by atoms with Crippen LogP contribution in [0.3, 0.4) is 0 Å². The van der Waals surface area contributed by atoms with E-state index in [-0.39, 0.29) is 5.91 Å². The van der Waals surface area contributed by atoms with Crippen LogP contribution < -0.4 is 0 Å². The molecule has 0 saturated carbocycles. The van der Waals surface area contributed by atoms with Gasteiger partial charge in [-0.25, -0.2) is 0 Å². The minimum atomic E-state index is 0.0797. The molecule has 0 spiro atoms. The third kappa shape index (κ3) is 4.10. The molecular weight excluding hydrogens is 473 g/mol. The Morgan fingerprint density at radius 3 is 2.63 bits per heavy atom. The standard InChI is InChI=1S/C21H19ClIN3O/c22-18-7-6-16(13-19(18)23)21(27)26-11-9-25(10-12-26)14-17-4-1-3-15-5-2-8-24-20(15)17/h1-8,13H,9-12,14H2. The molecule has 0 unspecified atom stereocenters. The van der Waals surface area contributed by atoms with E-state index in [2.05, 4.69) is 56.7 Å². The summed E-state index contributed by atoms with van der Waals surface area (Å²) in [4.78, 5) is 21.6. The summed E-state index contributed by atoms with van der Waals surface area (Å²) < 4.78 is 0.905. The van der Waals surface area contributed by atoms with E-state index in [1.54, 1.807) is 12.1 Å². The Bertz CT molecular complexity index is 981. The Kier molecular flexibility index (Phi) is 5.61. The van der Waals surface area contributed by atoms with Gasteiger partial charge < -0.3 is 4.90 Å². The molecular formula is C21H19ClIN3O. The maximum Gasteiger partial charge on any atom is 0.253 e. The van der Waals surface area contributed by atoms with Gasteiger partial charge in [-0.15, -0.1) is 0 Å². The predicted molar refractivity (Wildman–Crippen MR) is 117 cm³/mol. The topological polar surface area (TPSA) is 36.4 Å². The summed E-state index contributed by atoms with van der Waals surface area (Å²) in [6.07, 6.45) is 1.84. The third-order valence-electron chi connectivity index (χ3n) is 4.94. The largest absolute Gasteiger partial charge is 0.336 e. The molecule has 0 aliphatic carbocycles. The number of hydrogen-bond donors (Lipinski definition) is 0. The second-order valence-electron chi connectivity index (χ2n) is 6.69. The Labute approximate surface area is 177 Å². The summed E-state index contributed by atoms with van der Waals surface area (Å²) in [7, 11) is 0. The van der Waals surface area contributed by atoms with Crippen molar-refractivity contribution >= 4 is 51.0 Å². The summed E-state index contributed by atoms with van der Waals surface area (Å²) in [6.45, 7) is 4.04. The van der Waals surface area contributed by atoms with E-state index in [0.29, 0.717) is 10.6 Å². The molecule has 1 fully saturated rings. The molecule has 27 heavy (non-hydrogen) atoms. The van der Waals surface area contributed by atoms with Gasteiger partial charge >= 0.3 is 0 Å². The van der Waals surface area contributed by atoms with Crippen LogP contribution in [-0.2, 0) is 6.54 Å². The molecule has 0 radical (unpaired) electrons. The minimum absolute atomic E-state index is 0.0797. The van der Waals surface area contributed by atoms with Gasteiger partial charge in [0.05, 0.1) is 10.5 Å². The first-order valence-corrected chi connectivity index (χ1v) is 10.4. The van der Waals surface area contributed by atoms with Crippen LogP contribution in [0.5, 0.6) is 0 Å². The van der Waals surface area contributed by atoms with Crippen LogP contribution in [0.1, 0.15) is 15.9 Å². The number of aromatic nitrogens is 1. The van der Waals surface area contributed by atoms with E-state index in [1.807, 2.05) is 23.2 Å². The number of fused-ring (bicyclic) bond motifs is 1. The molecule has 0 N–H and O–H groups in total. The quantitative estimate of drug-likeness (QED) is 0.508. The first-order chi connectivity index (χ1) is 13.1. The van der Waals surface area contributed by atoms with E-state index in [9.17, 15) is 4.79 Å². The summed E-state index contributed by atoms with van der Waals surface area (Å²) in [5.74, 6) is 0.0797. The number of piperazine rings is 1. The molecule has 4 nitrogen and oxygen atoms in total. The highest BCUT2D eigenvalue weighted by molar-refractivity contribution is 14.1. The number of rotatable bonds is 3. The van der Waals surface area contributed by atoms with Crippen LogP contribution in [0.4, 0.5) is 0 Å². The highest BCUT2D eigenvalue weighted by Crippen LogP contribution is 2.22. The van der Waals surface area contributed by atoms with Crippen molar-refractivity contribution in [2.75, 3.05) is 26.2 Å². The van der Waals surface area contributed by atoms with Crippen LogP contribution >= 0.6 is 34.2 Å². The zero-order valence-corrected chi connectivity index (χ0v) is 17.7. The number of pyridine rings is 1. The first kappa shape index (κ1) is 18.7. The second-order valence-corrected chi connectivity index (χ2v) is 8.26. The number of hydrogen-bond acceptors (Lipinski definition) is 3. The van der Waals surface area contributed by atoms with Gasteiger partial charge in [-0.3, -0.25) is 14.7 Å². The minimum Gasteiger partial charge on any atom is -0.336 e. The number of carbonyl (C=O) groups excluding carboxylic acids is 1. The normalized spacial score (nSPS) is 15.3. The molecule has 1 aliphatic rings. The van der Waals surface area contributed by atoms with Crippen LogP contribution in [0.25, 0.3) is 10.9 Å². The third-order valence-corrected chi connectivity index (χ3v) is 6.48. The number of halogens is 2. The molecule has 2 aromatic carbocycles. The smallest absolute Gasteiger partial charge is 0.253 e. The number of para-hydroxylation sites is 1. The first-order valence-electron chi connectivity index (χ1n) is 8.91. The van der Waals surface area contributed by atoms with Gasteiger partial charge in [-0.05, 0) is 52.4 Å². The summed E-state index contributed by atoms with van der Waals surface area (Å²) in [6, 6.07) is 15.8. The van der Waals surface area contributed by atoms with Gasteiger partial charge in [0.25, 0.3) is 5.91 Å². The SMILES string of the molecule is O=C(c1ccc(Cl)c(I)c1)N1CCN(Cc2cccc3cccnc23)CC1. The summed E-state index contributed by atoms with van der Waals surface area (Å²) >= 11 is 8.22. The average Bonchev–Trinajstić information content (AvgIpc) is 2.70. The molecule has 0 bridgehead atoms. The average molecular weight is 492 g/mol. The fourth-order valence-electron chi connectivity index (χ4n) is 3.46. The lowest BCUT2D eigenvalue weighted by Crippen LogP contribution is -2.48. The van der Waals surface area contributed by atoms with Crippen molar-refractivity contribution in [2.45, 2.75) is 6.54 Å². The maximum absolute atomic E-state index is 12.8. The van der Waals surface area contributed by atoms with Gasteiger partial charge in [0, 0.05) is 53.4 Å². The van der Waals surface area contributed by atoms with Crippen molar-refractivity contribution in [3.05, 3.63) is 74.4 Å². The molecule has 6 heteroatoms. The van der Waals surface area contributed by atoms with Gasteiger partial charge in [0.1, 0.15) is 0 Å². The lowest BCUT2D eigenvalue weighted by molar-refractivity contribution is 0.0629. The van der Waals surface area contributed by atoms with Crippen molar-refractivity contribution in [1.82, 2.24) is 14.8 Å². The highest BCUT2D eigenvalue weighted by Gasteiger charge is 2.23. The van der Waals surface area contributed by atoms with Crippen molar-refractivity contribution in [2.24, 2.45) is 0 Å². The Morgan fingerprint density at radius 1 is 1.07 bits per heavy atom. The predicted octanol–water partition coefficient (Wildman–Crippen LogP) is 4.45. The number of benzene rings is 2. The Balaban J connectivity index is 1.41. The molecule has 2 heterocycles. The molecule has 138 valence electrons. The van der Waals surface area contributed by atoms with E-state index in [4.69, 9.17) is 11.6 Å².